The maximum atomic E-state index is 12.4. The zero-order valence-corrected chi connectivity index (χ0v) is 18.1. The Morgan fingerprint density at radius 1 is 1.18 bits per heavy atom. The van der Waals surface area contributed by atoms with Crippen molar-refractivity contribution in [3.05, 3.63) is 24.2 Å². The molecule has 0 aromatic carbocycles. The molecule has 0 atom stereocenters. The van der Waals surface area contributed by atoms with Crippen LogP contribution in [0.15, 0.2) is 27.8 Å². The van der Waals surface area contributed by atoms with Gasteiger partial charge in [0.05, 0.1) is 6.26 Å². The fourth-order valence-electron chi connectivity index (χ4n) is 3.65. The molecule has 28 heavy (non-hydrogen) atoms. The van der Waals surface area contributed by atoms with Crippen molar-refractivity contribution in [1.29, 1.82) is 0 Å². The summed E-state index contributed by atoms with van der Waals surface area (Å²) >= 11 is 0. The molecule has 1 aliphatic rings. The van der Waals surface area contributed by atoms with Crippen molar-refractivity contribution >= 4 is 11.9 Å². The van der Waals surface area contributed by atoms with Gasteiger partial charge in [-0.15, -0.1) is 0 Å². The monoisotopic (exact) mass is 391 g/mol. The number of carbonyl (C=O) groups excluding carboxylic acids is 1. The van der Waals surface area contributed by atoms with Gasteiger partial charge in [0.2, 0.25) is 0 Å². The van der Waals surface area contributed by atoms with E-state index in [1.54, 1.807) is 18.4 Å². The number of piperazine rings is 1. The standard InChI is InChI=1S/C21H37N5O2/c1-6-22-21(23-10-8-11-26(17(2)3)18(4)5)25-14-12-24(13-15-25)20(27)19-9-7-16-28-19/h7,9,16-18H,6,8,10-15H2,1-5H3,(H,22,23). The third-order valence-electron chi connectivity index (χ3n) is 5.10. The molecule has 2 rings (SSSR count). The molecule has 1 amide bonds. The predicted octanol–water partition coefficient (Wildman–Crippen LogP) is 2.51. The summed E-state index contributed by atoms with van der Waals surface area (Å²) in [5.74, 6) is 1.33. The van der Waals surface area contributed by atoms with Crippen molar-refractivity contribution in [2.75, 3.05) is 45.8 Å². The van der Waals surface area contributed by atoms with Gasteiger partial charge in [-0.3, -0.25) is 14.7 Å². The van der Waals surface area contributed by atoms with Crippen molar-refractivity contribution in [2.45, 2.75) is 53.1 Å². The topological polar surface area (TPSA) is 64.3 Å². The van der Waals surface area contributed by atoms with Crippen LogP contribution in [0.1, 0.15) is 51.6 Å². The zero-order valence-electron chi connectivity index (χ0n) is 18.1. The van der Waals surface area contributed by atoms with Crippen LogP contribution in [-0.2, 0) is 0 Å². The van der Waals surface area contributed by atoms with Crippen molar-refractivity contribution in [2.24, 2.45) is 4.99 Å². The molecule has 1 aromatic rings. The Morgan fingerprint density at radius 3 is 2.36 bits per heavy atom. The van der Waals surface area contributed by atoms with Crippen LogP contribution in [0.2, 0.25) is 0 Å². The van der Waals surface area contributed by atoms with Crippen LogP contribution in [0.3, 0.4) is 0 Å². The summed E-state index contributed by atoms with van der Waals surface area (Å²) in [6.45, 7) is 16.7. The molecule has 1 aromatic heterocycles. The Labute approximate surface area is 169 Å². The number of guanidine groups is 1. The second-order valence-electron chi connectivity index (χ2n) is 7.77. The smallest absolute Gasteiger partial charge is 0.289 e. The van der Waals surface area contributed by atoms with Gasteiger partial charge in [0.15, 0.2) is 11.7 Å². The average molecular weight is 392 g/mol. The van der Waals surface area contributed by atoms with Crippen LogP contribution >= 0.6 is 0 Å². The minimum Gasteiger partial charge on any atom is -0.459 e. The highest BCUT2D eigenvalue weighted by molar-refractivity contribution is 5.91. The lowest BCUT2D eigenvalue weighted by Gasteiger charge is -2.36. The van der Waals surface area contributed by atoms with Gasteiger partial charge in [0, 0.05) is 57.9 Å². The number of hydrogen-bond donors (Lipinski definition) is 1. The number of nitrogens with one attached hydrogen (secondary N) is 1. The van der Waals surface area contributed by atoms with Crippen LogP contribution in [0.4, 0.5) is 0 Å². The van der Waals surface area contributed by atoms with Crippen LogP contribution in [-0.4, -0.2) is 84.5 Å². The van der Waals surface area contributed by atoms with Gasteiger partial charge >= 0.3 is 0 Å². The second-order valence-corrected chi connectivity index (χ2v) is 7.77. The molecular formula is C21H37N5O2. The maximum Gasteiger partial charge on any atom is 0.289 e. The van der Waals surface area contributed by atoms with E-state index in [1.807, 2.05) is 4.90 Å². The Hall–Kier alpha value is -2.02. The summed E-state index contributed by atoms with van der Waals surface area (Å²) in [4.78, 5) is 23.8. The molecule has 0 spiro atoms. The molecule has 7 heteroatoms. The van der Waals surface area contributed by atoms with Crippen LogP contribution < -0.4 is 5.32 Å². The van der Waals surface area contributed by atoms with Gasteiger partial charge in [-0.25, -0.2) is 0 Å². The SMILES string of the molecule is CCNC(=NCCCN(C(C)C)C(C)C)N1CCN(C(=O)c2ccco2)CC1. The van der Waals surface area contributed by atoms with E-state index in [4.69, 9.17) is 9.41 Å². The number of carbonyl (C=O) groups is 1. The highest BCUT2D eigenvalue weighted by Gasteiger charge is 2.25. The Kier molecular flexibility index (Phi) is 8.83. The van der Waals surface area contributed by atoms with Gasteiger partial charge in [-0.2, -0.15) is 0 Å². The number of aliphatic imine (C=N–C) groups is 1. The molecular weight excluding hydrogens is 354 g/mol. The molecule has 1 fully saturated rings. The van der Waals surface area contributed by atoms with Gasteiger partial charge < -0.3 is 19.5 Å². The maximum absolute atomic E-state index is 12.4. The van der Waals surface area contributed by atoms with E-state index in [2.05, 4.69) is 49.7 Å². The summed E-state index contributed by atoms with van der Waals surface area (Å²) in [7, 11) is 0. The lowest BCUT2D eigenvalue weighted by Crippen LogP contribution is -2.53. The molecule has 0 bridgehead atoms. The summed E-state index contributed by atoms with van der Waals surface area (Å²) in [5.41, 5.74) is 0. The first-order valence-electron chi connectivity index (χ1n) is 10.6. The lowest BCUT2D eigenvalue weighted by atomic mass is 10.2. The first-order chi connectivity index (χ1) is 13.4. The molecule has 0 unspecified atom stereocenters. The largest absolute Gasteiger partial charge is 0.459 e. The van der Waals surface area contributed by atoms with E-state index in [-0.39, 0.29) is 5.91 Å². The molecule has 158 valence electrons. The van der Waals surface area contributed by atoms with E-state index in [0.29, 0.717) is 30.9 Å². The van der Waals surface area contributed by atoms with Crippen LogP contribution in [0.25, 0.3) is 0 Å². The molecule has 0 saturated carbocycles. The summed E-state index contributed by atoms with van der Waals surface area (Å²) in [6, 6.07) is 4.57. The molecule has 7 nitrogen and oxygen atoms in total. The molecule has 1 N–H and O–H groups in total. The summed E-state index contributed by atoms with van der Waals surface area (Å²) < 4.78 is 5.23. The molecule has 1 saturated heterocycles. The highest BCUT2D eigenvalue weighted by Crippen LogP contribution is 2.10. The minimum atomic E-state index is -0.0333. The van der Waals surface area contributed by atoms with Gasteiger partial charge in [0.1, 0.15) is 0 Å². The van der Waals surface area contributed by atoms with Gasteiger partial charge in [-0.1, -0.05) is 0 Å². The third kappa shape index (κ3) is 6.26. The normalized spacial score (nSPS) is 15.8. The van der Waals surface area contributed by atoms with Gasteiger partial charge in [-0.05, 0) is 53.2 Å². The summed E-state index contributed by atoms with van der Waals surface area (Å²) in [6.07, 6.45) is 2.58. The first-order valence-corrected chi connectivity index (χ1v) is 10.6. The number of nitrogens with zero attached hydrogens (tertiary/aromatic N) is 4. The first kappa shape index (κ1) is 22.3. The molecule has 0 radical (unpaired) electrons. The highest BCUT2D eigenvalue weighted by atomic mass is 16.3. The van der Waals surface area contributed by atoms with E-state index < -0.39 is 0 Å². The average Bonchev–Trinajstić information content (AvgIpc) is 3.20. The van der Waals surface area contributed by atoms with Crippen molar-refractivity contribution in [3.8, 4) is 0 Å². The number of rotatable bonds is 8. The van der Waals surface area contributed by atoms with E-state index in [0.717, 1.165) is 45.1 Å². The third-order valence-corrected chi connectivity index (χ3v) is 5.10. The van der Waals surface area contributed by atoms with E-state index in [9.17, 15) is 4.79 Å². The predicted molar refractivity (Wildman–Crippen MR) is 114 cm³/mol. The van der Waals surface area contributed by atoms with Gasteiger partial charge in [0.25, 0.3) is 5.91 Å². The van der Waals surface area contributed by atoms with Crippen molar-refractivity contribution in [3.63, 3.8) is 0 Å². The lowest BCUT2D eigenvalue weighted by molar-refractivity contribution is 0.0657. The molecule has 2 heterocycles. The quantitative estimate of drug-likeness (QED) is 0.419. The number of hydrogen-bond acceptors (Lipinski definition) is 4. The molecule has 1 aliphatic heterocycles. The zero-order chi connectivity index (χ0) is 20.5. The fraction of sp³-hybridized carbons (Fsp3) is 0.714. The van der Waals surface area contributed by atoms with Crippen LogP contribution in [0, 0.1) is 0 Å². The number of furan rings is 1. The van der Waals surface area contributed by atoms with Crippen molar-refractivity contribution < 1.29 is 9.21 Å². The van der Waals surface area contributed by atoms with E-state index in [1.165, 1.54) is 0 Å². The van der Waals surface area contributed by atoms with Crippen molar-refractivity contribution in [1.82, 2.24) is 20.0 Å². The summed E-state index contributed by atoms with van der Waals surface area (Å²) in [5, 5.41) is 3.40. The Balaban J connectivity index is 1.85. The second kappa shape index (κ2) is 11.1. The fourth-order valence-corrected chi connectivity index (χ4v) is 3.65. The Bertz CT molecular complexity index is 596. The van der Waals surface area contributed by atoms with E-state index >= 15 is 0 Å². The Morgan fingerprint density at radius 2 is 1.82 bits per heavy atom. The number of amides is 1. The minimum absolute atomic E-state index is 0.0333. The molecule has 0 aliphatic carbocycles. The van der Waals surface area contributed by atoms with Crippen LogP contribution in [0.5, 0.6) is 0 Å².